The van der Waals surface area contributed by atoms with Crippen molar-refractivity contribution >= 4 is 11.8 Å². The number of carbonyl (C=O) groups is 2. The average molecular weight is 410 g/mol. The molecule has 1 aromatic carbocycles. The summed E-state index contributed by atoms with van der Waals surface area (Å²) >= 11 is 0. The monoisotopic (exact) mass is 410 g/mol. The van der Waals surface area contributed by atoms with E-state index in [1.165, 1.54) is 24.7 Å². The Morgan fingerprint density at radius 3 is 2.97 bits per heavy atom. The summed E-state index contributed by atoms with van der Waals surface area (Å²) in [5.41, 5.74) is 0.358. The van der Waals surface area contributed by atoms with Crippen molar-refractivity contribution in [1.82, 2.24) is 20.2 Å². The van der Waals surface area contributed by atoms with Crippen molar-refractivity contribution in [3.8, 4) is 0 Å². The largest absolute Gasteiger partial charge is 0.369 e. The number of rotatable bonds is 5. The molecule has 3 aliphatic rings. The molecule has 0 aliphatic carbocycles. The lowest BCUT2D eigenvalue weighted by Gasteiger charge is -2.29. The molecule has 2 aromatic rings. The maximum absolute atomic E-state index is 13.9. The highest BCUT2D eigenvalue weighted by atomic mass is 19.1. The number of halogens is 1. The second kappa shape index (κ2) is 7.43. The van der Waals surface area contributed by atoms with Crippen LogP contribution in [0, 0.1) is 17.7 Å². The van der Waals surface area contributed by atoms with Crippen LogP contribution in [0.5, 0.6) is 0 Å². The van der Waals surface area contributed by atoms with Gasteiger partial charge in [0.1, 0.15) is 11.5 Å². The Hall–Kier alpha value is -2.87. The molecule has 4 heterocycles. The number of hydrogen-bond acceptors (Lipinski definition) is 5. The van der Waals surface area contributed by atoms with Gasteiger partial charge in [0.25, 0.3) is 5.91 Å². The zero-order valence-corrected chi connectivity index (χ0v) is 16.5. The van der Waals surface area contributed by atoms with Gasteiger partial charge in [0.15, 0.2) is 0 Å². The summed E-state index contributed by atoms with van der Waals surface area (Å²) in [4.78, 5) is 35.0. The first-order valence-electron chi connectivity index (χ1n) is 10.3. The molecule has 1 N–H and O–H groups in total. The van der Waals surface area contributed by atoms with Gasteiger partial charge in [0.05, 0.1) is 30.9 Å². The second-order valence-corrected chi connectivity index (χ2v) is 8.37. The van der Waals surface area contributed by atoms with Crippen molar-refractivity contribution in [2.75, 3.05) is 19.6 Å². The molecule has 2 bridgehead atoms. The smallest absolute Gasteiger partial charge is 0.271 e. The Balaban J connectivity index is 1.25. The van der Waals surface area contributed by atoms with Crippen LogP contribution >= 0.6 is 0 Å². The quantitative estimate of drug-likeness (QED) is 0.809. The lowest BCUT2D eigenvalue weighted by atomic mass is 9.73. The molecule has 3 saturated heterocycles. The van der Waals surface area contributed by atoms with Gasteiger partial charge in [-0.15, -0.1) is 0 Å². The highest BCUT2D eigenvalue weighted by Gasteiger charge is 2.63. The number of benzene rings is 1. The number of likely N-dealkylation sites (tertiary alicyclic amines) is 1. The van der Waals surface area contributed by atoms with Gasteiger partial charge >= 0.3 is 0 Å². The third-order valence-electron chi connectivity index (χ3n) is 6.73. The molecule has 0 radical (unpaired) electrons. The number of fused-ring (bicyclic) bond motifs is 1. The van der Waals surface area contributed by atoms with E-state index in [1.54, 1.807) is 23.1 Å². The molecule has 8 heteroatoms. The fourth-order valence-electron chi connectivity index (χ4n) is 5.29. The summed E-state index contributed by atoms with van der Waals surface area (Å²) in [6.07, 6.45) is 6.44. The highest BCUT2D eigenvalue weighted by molar-refractivity contribution is 5.91. The van der Waals surface area contributed by atoms with Crippen molar-refractivity contribution in [3.05, 3.63) is 59.9 Å². The molecule has 5 rings (SSSR count). The molecule has 3 aliphatic heterocycles. The molecule has 0 saturated carbocycles. The fraction of sp³-hybridized carbons (Fsp3) is 0.455. The Morgan fingerprint density at radius 2 is 2.17 bits per heavy atom. The van der Waals surface area contributed by atoms with Crippen LogP contribution in [0.25, 0.3) is 0 Å². The van der Waals surface area contributed by atoms with E-state index in [4.69, 9.17) is 4.74 Å². The number of nitrogens with zero attached hydrogens (tertiary/aromatic N) is 3. The standard InChI is InChI=1S/C22H23FN4O3/c23-17-4-2-1-3-14(17)9-20(28)27-12-16-15(19-5-6-22(16,13-27)30-19)10-26-21(29)18-11-24-7-8-25-18/h1-4,7-8,11,15-16,19H,5-6,9-10,12-13H2,(H,26,29)/t15-,16+,19+,22+/m0/s1. The van der Waals surface area contributed by atoms with Crippen molar-refractivity contribution in [2.45, 2.75) is 31.0 Å². The number of aromatic nitrogens is 2. The summed E-state index contributed by atoms with van der Waals surface area (Å²) in [6.45, 7) is 1.59. The minimum Gasteiger partial charge on any atom is -0.369 e. The molecular weight excluding hydrogens is 387 g/mol. The van der Waals surface area contributed by atoms with E-state index in [0.717, 1.165) is 12.8 Å². The van der Waals surface area contributed by atoms with Gasteiger partial charge in [-0.1, -0.05) is 18.2 Å². The van der Waals surface area contributed by atoms with Crippen LogP contribution in [0.4, 0.5) is 4.39 Å². The summed E-state index contributed by atoms with van der Waals surface area (Å²) in [5.74, 6) is -0.387. The molecule has 0 unspecified atom stereocenters. The topological polar surface area (TPSA) is 84.4 Å². The van der Waals surface area contributed by atoms with Gasteiger partial charge in [0, 0.05) is 37.3 Å². The van der Waals surface area contributed by atoms with E-state index in [9.17, 15) is 14.0 Å². The molecule has 3 fully saturated rings. The Bertz CT molecular complexity index is 972. The number of amides is 2. The Morgan fingerprint density at radius 1 is 1.30 bits per heavy atom. The molecule has 4 atom stereocenters. The normalized spacial score (nSPS) is 29.1. The van der Waals surface area contributed by atoms with Crippen LogP contribution < -0.4 is 5.32 Å². The van der Waals surface area contributed by atoms with Crippen LogP contribution in [0.2, 0.25) is 0 Å². The van der Waals surface area contributed by atoms with Gasteiger partial charge in [-0.25, -0.2) is 9.37 Å². The third kappa shape index (κ3) is 3.25. The maximum Gasteiger partial charge on any atom is 0.271 e. The first-order valence-corrected chi connectivity index (χ1v) is 10.3. The zero-order valence-electron chi connectivity index (χ0n) is 16.5. The lowest BCUT2D eigenvalue weighted by Crippen LogP contribution is -2.42. The first-order chi connectivity index (χ1) is 14.6. The van der Waals surface area contributed by atoms with Gasteiger partial charge in [-0.3, -0.25) is 14.6 Å². The van der Waals surface area contributed by atoms with Crippen LogP contribution in [0.15, 0.2) is 42.9 Å². The van der Waals surface area contributed by atoms with E-state index in [2.05, 4.69) is 15.3 Å². The van der Waals surface area contributed by atoms with Crippen molar-refractivity contribution in [1.29, 1.82) is 0 Å². The van der Waals surface area contributed by atoms with E-state index in [-0.39, 0.29) is 53.3 Å². The SMILES string of the molecule is O=C(NC[C@H]1[C@H]2CN(C(=O)Cc3ccccc3F)C[C@]23CC[C@H]1O3)c1cnccn1. The third-order valence-corrected chi connectivity index (χ3v) is 6.73. The van der Waals surface area contributed by atoms with E-state index in [1.807, 2.05) is 0 Å². The maximum atomic E-state index is 13.9. The molecule has 2 amide bonds. The second-order valence-electron chi connectivity index (χ2n) is 8.37. The number of nitrogens with one attached hydrogen (secondary N) is 1. The Labute approximate surface area is 173 Å². The van der Waals surface area contributed by atoms with Gasteiger partial charge in [-0.2, -0.15) is 0 Å². The van der Waals surface area contributed by atoms with Gasteiger partial charge < -0.3 is 15.0 Å². The lowest BCUT2D eigenvalue weighted by molar-refractivity contribution is -0.131. The predicted octanol–water partition coefficient (Wildman–Crippen LogP) is 1.59. The molecule has 30 heavy (non-hydrogen) atoms. The van der Waals surface area contributed by atoms with Crippen molar-refractivity contribution in [3.63, 3.8) is 0 Å². The highest BCUT2D eigenvalue weighted by Crippen LogP contribution is 2.54. The van der Waals surface area contributed by atoms with Gasteiger partial charge in [0.2, 0.25) is 5.91 Å². The van der Waals surface area contributed by atoms with Crippen molar-refractivity contribution in [2.24, 2.45) is 11.8 Å². The van der Waals surface area contributed by atoms with Crippen LogP contribution in [0.1, 0.15) is 28.9 Å². The zero-order chi connectivity index (χ0) is 20.7. The van der Waals surface area contributed by atoms with Gasteiger partial charge in [-0.05, 0) is 24.5 Å². The van der Waals surface area contributed by atoms with Crippen LogP contribution in [-0.4, -0.2) is 58.0 Å². The summed E-state index contributed by atoms with van der Waals surface area (Å²) in [7, 11) is 0. The molecular formula is C22H23FN4O3. The minimum atomic E-state index is -0.356. The summed E-state index contributed by atoms with van der Waals surface area (Å²) in [5, 5.41) is 2.95. The minimum absolute atomic E-state index is 0.0486. The molecule has 1 spiro atoms. The first kappa shape index (κ1) is 19.1. The molecule has 1 aromatic heterocycles. The van der Waals surface area contributed by atoms with Crippen LogP contribution in [-0.2, 0) is 16.0 Å². The van der Waals surface area contributed by atoms with Crippen molar-refractivity contribution < 1.29 is 18.7 Å². The van der Waals surface area contributed by atoms with E-state index >= 15 is 0 Å². The molecule has 7 nitrogen and oxygen atoms in total. The summed E-state index contributed by atoms with van der Waals surface area (Å²) in [6, 6.07) is 6.38. The fourth-order valence-corrected chi connectivity index (χ4v) is 5.29. The Kier molecular flexibility index (Phi) is 4.73. The molecule has 156 valence electrons. The summed E-state index contributed by atoms with van der Waals surface area (Å²) < 4.78 is 20.3. The van der Waals surface area contributed by atoms with E-state index in [0.29, 0.717) is 25.2 Å². The average Bonchev–Trinajstić information content (AvgIpc) is 3.43. The predicted molar refractivity (Wildman–Crippen MR) is 105 cm³/mol. The van der Waals surface area contributed by atoms with Crippen LogP contribution in [0.3, 0.4) is 0 Å². The number of hydrogen-bond donors (Lipinski definition) is 1. The number of ether oxygens (including phenoxy) is 1. The van der Waals surface area contributed by atoms with E-state index < -0.39 is 0 Å². The number of carbonyl (C=O) groups excluding carboxylic acids is 2.